The lowest BCUT2D eigenvalue weighted by Crippen LogP contribution is -2.36. The molecule has 0 aromatic heterocycles. The highest BCUT2D eigenvalue weighted by atomic mass is 16.5. The molecule has 1 saturated carbocycles. The number of hydrogen-bond acceptors (Lipinski definition) is 3. The zero-order chi connectivity index (χ0) is 12.3. The van der Waals surface area contributed by atoms with Crippen LogP contribution in [0.1, 0.15) is 44.7 Å². The first kappa shape index (κ1) is 12.4. The molecule has 0 radical (unpaired) electrons. The maximum absolute atomic E-state index is 5.65. The monoisotopic (exact) mass is 234 g/mol. The molecule has 0 amide bonds. The summed E-state index contributed by atoms with van der Waals surface area (Å²) in [7, 11) is 0. The van der Waals surface area contributed by atoms with Crippen LogP contribution >= 0.6 is 0 Å². The van der Waals surface area contributed by atoms with Crippen LogP contribution in [0.3, 0.4) is 0 Å². The highest BCUT2D eigenvalue weighted by Gasteiger charge is 2.27. The molecule has 1 atom stereocenters. The molecule has 17 heavy (non-hydrogen) atoms. The fourth-order valence-electron chi connectivity index (χ4n) is 2.30. The van der Waals surface area contributed by atoms with Crippen molar-refractivity contribution >= 4 is 0 Å². The van der Waals surface area contributed by atoms with Crippen LogP contribution < -0.4 is 16.0 Å². The summed E-state index contributed by atoms with van der Waals surface area (Å²) in [4.78, 5) is 0. The molecule has 1 aromatic rings. The fourth-order valence-corrected chi connectivity index (χ4v) is 2.30. The van der Waals surface area contributed by atoms with Crippen LogP contribution in [0.25, 0.3) is 0 Å². The lowest BCUT2D eigenvalue weighted by atomic mass is 9.77. The largest absolute Gasteiger partial charge is 0.491 e. The second kappa shape index (κ2) is 5.52. The molecule has 0 heterocycles. The van der Waals surface area contributed by atoms with Gasteiger partial charge in [-0.05, 0) is 50.3 Å². The molecule has 0 spiro atoms. The van der Waals surface area contributed by atoms with Crippen LogP contribution in [0.15, 0.2) is 24.3 Å². The topological polar surface area (TPSA) is 47.3 Å². The molecule has 1 aliphatic rings. The van der Waals surface area contributed by atoms with Crippen molar-refractivity contribution in [3.05, 3.63) is 29.8 Å². The van der Waals surface area contributed by atoms with E-state index in [0.29, 0.717) is 5.92 Å². The van der Waals surface area contributed by atoms with E-state index in [-0.39, 0.29) is 12.1 Å². The van der Waals surface area contributed by atoms with Gasteiger partial charge in [0.15, 0.2) is 0 Å². The van der Waals surface area contributed by atoms with Gasteiger partial charge in [0, 0.05) is 6.04 Å². The summed E-state index contributed by atoms with van der Waals surface area (Å²) in [6, 6.07) is 8.56. The van der Waals surface area contributed by atoms with Crippen LogP contribution in [0, 0.1) is 5.92 Å². The lowest BCUT2D eigenvalue weighted by molar-refractivity contribution is 0.230. The van der Waals surface area contributed by atoms with Crippen LogP contribution in [0.5, 0.6) is 5.75 Å². The van der Waals surface area contributed by atoms with Crippen molar-refractivity contribution in [1.29, 1.82) is 0 Å². The van der Waals surface area contributed by atoms with Crippen molar-refractivity contribution in [3.63, 3.8) is 0 Å². The highest BCUT2D eigenvalue weighted by Crippen LogP contribution is 2.37. The molecule has 0 aliphatic heterocycles. The lowest BCUT2D eigenvalue weighted by Gasteiger charge is -2.33. The van der Waals surface area contributed by atoms with Gasteiger partial charge in [-0.25, -0.2) is 0 Å². The number of ether oxygens (including phenoxy) is 1. The average molecular weight is 234 g/mol. The average Bonchev–Trinajstić information content (AvgIpc) is 2.23. The van der Waals surface area contributed by atoms with Gasteiger partial charge in [-0.3, -0.25) is 11.3 Å². The quantitative estimate of drug-likeness (QED) is 0.608. The Morgan fingerprint density at radius 2 is 1.88 bits per heavy atom. The number of hydrogen-bond donors (Lipinski definition) is 2. The van der Waals surface area contributed by atoms with Gasteiger partial charge in [0.05, 0.1) is 6.10 Å². The molecular formula is C14H22N2O. The van der Waals surface area contributed by atoms with Crippen molar-refractivity contribution < 1.29 is 4.74 Å². The molecule has 1 aliphatic carbocycles. The standard InChI is InChI=1S/C14H22N2O/c1-10(2)17-13-8-6-12(7-9-13)14(16-15)11-4-3-5-11/h6-11,14,16H,3-5,15H2,1-2H3. The Balaban J connectivity index is 2.04. The van der Waals surface area contributed by atoms with Gasteiger partial charge >= 0.3 is 0 Å². The molecule has 1 aromatic carbocycles. The number of hydrazine groups is 1. The third-order valence-electron chi connectivity index (χ3n) is 3.41. The van der Waals surface area contributed by atoms with Gasteiger partial charge in [0.2, 0.25) is 0 Å². The third-order valence-corrected chi connectivity index (χ3v) is 3.41. The SMILES string of the molecule is CC(C)Oc1ccc(C(NN)C2CCC2)cc1. The van der Waals surface area contributed by atoms with E-state index in [4.69, 9.17) is 10.6 Å². The fraction of sp³-hybridized carbons (Fsp3) is 0.571. The van der Waals surface area contributed by atoms with Crippen LogP contribution in [0.2, 0.25) is 0 Å². The van der Waals surface area contributed by atoms with E-state index < -0.39 is 0 Å². The Labute approximate surface area is 103 Å². The summed E-state index contributed by atoms with van der Waals surface area (Å²) in [5.41, 5.74) is 4.20. The second-order valence-electron chi connectivity index (χ2n) is 5.07. The first-order valence-electron chi connectivity index (χ1n) is 6.43. The molecule has 0 bridgehead atoms. The Kier molecular flexibility index (Phi) is 4.02. The molecule has 3 nitrogen and oxygen atoms in total. The Hall–Kier alpha value is -1.06. The Morgan fingerprint density at radius 3 is 2.29 bits per heavy atom. The van der Waals surface area contributed by atoms with Crippen molar-refractivity contribution in [2.45, 2.75) is 45.3 Å². The minimum absolute atomic E-state index is 0.218. The summed E-state index contributed by atoms with van der Waals surface area (Å²) in [5, 5.41) is 0. The summed E-state index contributed by atoms with van der Waals surface area (Å²) in [6.07, 6.45) is 4.10. The van der Waals surface area contributed by atoms with Crippen molar-refractivity contribution in [2.24, 2.45) is 11.8 Å². The van der Waals surface area contributed by atoms with Gasteiger partial charge in [0.25, 0.3) is 0 Å². The van der Waals surface area contributed by atoms with E-state index in [1.807, 2.05) is 26.0 Å². The van der Waals surface area contributed by atoms with E-state index in [1.54, 1.807) is 0 Å². The van der Waals surface area contributed by atoms with E-state index in [0.717, 1.165) is 5.75 Å². The predicted octanol–water partition coefficient (Wildman–Crippen LogP) is 2.78. The molecule has 3 N–H and O–H groups in total. The maximum atomic E-state index is 5.65. The molecule has 1 fully saturated rings. The highest BCUT2D eigenvalue weighted by molar-refractivity contribution is 5.29. The molecule has 1 unspecified atom stereocenters. The molecule has 94 valence electrons. The van der Waals surface area contributed by atoms with Crippen LogP contribution in [-0.4, -0.2) is 6.10 Å². The van der Waals surface area contributed by atoms with E-state index >= 15 is 0 Å². The van der Waals surface area contributed by atoms with Gasteiger partial charge in [-0.2, -0.15) is 0 Å². The van der Waals surface area contributed by atoms with Crippen LogP contribution in [-0.2, 0) is 0 Å². The zero-order valence-electron chi connectivity index (χ0n) is 10.6. The smallest absolute Gasteiger partial charge is 0.119 e. The first-order valence-corrected chi connectivity index (χ1v) is 6.43. The number of nitrogens with one attached hydrogen (secondary N) is 1. The number of nitrogens with two attached hydrogens (primary N) is 1. The summed E-state index contributed by atoms with van der Waals surface area (Å²) in [6.45, 7) is 4.07. The molecular weight excluding hydrogens is 212 g/mol. The zero-order valence-corrected chi connectivity index (χ0v) is 10.6. The number of benzene rings is 1. The van der Waals surface area contributed by atoms with E-state index in [1.165, 1.54) is 24.8 Å². The normalized spacial score (nSPS) is 17.9. The van der Waals surface area contributed by atoms with Gasteiger partial charge < -0.3 is 4.74 Å². The summed E-state index contributed by atoms with van der Waals surface area (Å²) in [5.74, 6) is 7.27. The molecule has 3 heteroatoms. The van der Waals surface area contributed by atoms with Crippen LogP contribution in [0.4, 0.5) is 0 Å². The van der Waals surface area contributed by atoms with Crippen molar-refractivity contribution in [3.8, 4) is 5.75 Å². The third kappa shape index (κ3) is 2.99. The van der Waals surface area contributed by atoms with E-state index in [2.05, 4.69) is 17.6 Å². The Bertz CT molecular complexity index is 344. The predicted molar refractivity (Wildman–Crippen MR) is 69.6 cm³/mol. The number of rotatable bonds is 5. The second-order valence-corrected chi connectivity index (χ2v) is 5.07. The maximum Gasteiger partial charge on any atom is 0.119 e. The van der Waals surface area contributed by atoms with Gasteiger partial charge in [0.1, 0.15) is 5.75 Å². The van der Waals surface area contributed by atoms with Crippen molar-refractivity contribution in [2.75, 3.05) is 0 Å². The summed E-state index contributed by atoms with van der Waals surface area (Å²) >= 11 is 0. The Morgan fingerprint density at radius 1 is 1.24 bits per heavy atom. The van der Waals surface area contributed by atoms with Gasteiger partial charge in [-0.15, -0.1) is 0 Å². The van der Waals surface area contributed by atoms with Gasteiger partial charge in [-0.1, -0.05) is 18.6 Å². The van der Waals surface area contributed by atoms with Crippen molar-refractivity contribution in [1.82, 2.24) is 5.43 Å². The molecule has 0 saturated heterocycles. The molecule has 2 rings (SSSR count). The minimum atomic E-state index is 0.218. The van der Waals surface area contributed by atoms with E-state index in [9.17, 15) is 0 Å². The minimum Gasteiger partial charge on any atom is -0.491 e. The summed E-state index contributed by atoms with van der Waals surface area (Å²) < 4.78 is 5.63. The first-order chi connectivity index (χ1) is 8.20.